The number of hydrogen-bond acceptors (Lipinski definition) is 4. The maximum Gasteiger partial charge on any atom is 0.407 e. The summed E-state index contributed by atoms with van der Waals surface area (Å²) in [7, 11) is 0. The van der Waals surface area contributed by atoms with Crippen LogP contribution >= 0.6 is 0 Å². The Morgan fingerprint density at radius 3 is 2.44 bits per heavy atom. The van der Waals surface area contributed by atoms with Crippen LogP contribution in [-0.2, 0) is 11.3 Å². The zero-order valence-corrected chi connectivity index (χ0v) is 15.6. The number of alkyl carbamates (subject to hydrolysis) is 1. The lowest BCUT2D eigenvalue weighted by Gasteiger charge is -2.21. The Bertz CT molecular complexity index is 639. The van der Waals surface area contributed by atoms with Gasteiger partial charge in [-0.3, -0.25) is 9.48 Å². The number of carbonyl (C=O) groups is 2. The molecule has 140 valence electrons. The van der Waals surface area contributed by atoms with Crippen molar-refractivity contribution in [3.8, 4) is 0 Å². The van der Waals surface area contributed by atoms with Crippen molar-refractivity contribution in [3.63, 3.8) is 0 Å². The van der Waals surface area contributed by atoms with E-state index >= 15 is 0 Å². The van der Waals surface area contributed by atoms with Crippen molar-refractivity contribution < 1.29 is 18.7 Å². The average Bonchev–Trinajstić information content (AvgIpc) is 2.87. The lowest BCUT2D eigenvalue weighted by molar-refractivity contribution is 0.0531. The molecule has 1 rings (SSSR count). The largest absolute Gasteiger partial charge is 0.444 e. The highest BCUT2D eigenvalue weighted by molar-refractivity contribution is 5.92. The molecule has 0 aromatic carbocycles. The predicted molar refractivity (Wildman–Crippen MR) is 92.9 cm³/mol. The average molecular weight is 354 g/mol. The van der Waals surface area contributed by atoms with E-state index in [-0.39, 0.29) is 24.6 Å². The van der Waals surface area contributed by atoms with Gasteiger partial charge >= 0.3 is 6.09 Å². The maximum absolute atomic E-state index is 13.1. The van der Waals surface area contributed by atoms with Crippen molar-refractivity contribution in [2.45, 2.75) is 59.2 Å². The smallest absolute Gasteiger partial charge is 0.407 e. The van der Waals surface area contributed by atoms with Gasteiger partial charge in [-0.2, -0.15) is 5.10 Å². The van der Waals surface area contributed by atoms with Gasteiger partial charge in [0.1, 0.15) is 11.3 Å². The summed E-state index contributed by atoms with van der Waals surface area (Å²) in [4.78, 5) is 23.9. The lowest BCUT2D eigenvalue weighted by atomic mass is 10.1. The molecular formula is C17H27FN4O3. The van der Waals surface area contributed by atoms with Gasteiger partial charge in [0.15, 0.2) is 0 Å². The number of carbonyl (C=O) groups excluding carboxylic acids is 2. The van der Waals surface area contributed by atoms with Gasteiger partial charge in [0.05, 0.1) is 12.9 Å². The molecule has 0 radical (unpaired) electrons. The number of aromatic nitrogens is 2. The van der Waals surface area contributed by atoms with E-state index < -0.39 is 17.2 Å². The minimum absolute atomic E-state index is 0.0339. The first-order chi connectivity index (χ1) is 11.4. The number of nitrogens with zero attached hydrogens (tertiary/aromatic N) is 2. The first-order valence-corrected chi connectivity index (χ1v) is 8.00. The van der Waals surface area contributed by atoms with Gasteiger partial charge in [0.25, 0.3) is 5.91 Å². The molecule has 0 spiro atoms. The van der Waals surface area contributed by atoms with Crippen LogP contribution in [0.4, 0.5) is 9.18 Å². The fourth-order valence-corrected chi connectivity index (χ4v) is 1.88. The number of halogens is 1. The van der Waals surface area contributed by atoms with Gasteiger partial charge in [-0.1, -0.05) is 0 Å². The molecule has 0 fully saturated rings. The van der Waals surface area contributed by atoms with Gasteiger partial charge in [0, 0.05) is 18.3 Å². The van der Waals surface area contributed by atoms with Crippen LogP contribution in [0.25, 0.3) is 0 Å². The zero-order valence-electron chi connectivity index (χ0n) is 15.6. The Morgan fingerprint density at radius 1 is 1.28 bits per heavy atom. The molecule has 8 heteroatoms. The van der Waals surface area contributed by atoms with Crippen molar-refractivity contribution in [2.75, 3.05) is 6.54 Å². The van der Waals surface area contributed by atoms with Gasteiger partial charge < -0.3 is 15.4 Å². The molecule has 0 aliphatic rings. The maximum atomic E-state index is 13.1. The lowest BCUT2D eigenvalue weighted by Crippen LogP contribution is -2.41. The summed E-state index contributed by atoms with van der Waals surface area (Å²) < 4.78 is 19.6. The molecule has 25 heavy (non-hydrogen) atoms. The van der Waals surface area contributed by atoms with E-state index in [1.165, 1.54) is 10.9 Å². The molecular weight excluding hydrogens is 327 g/mol. The SMILES string of the molecule is CC(C)(C)NC(=O)c1ccnn1CC(=CF)CNC(=O)OC(C)(C)C. The molecule has 7 nitrogen and oxygen atoms in total. The predicted octanol–water partition coefficient (Wildman–Crippen LogP) is 2.79. The summed E-state index contributed by atoms with van der Waals surface area (Å²) in [6.07, 6.45) is 1.22. The third kappa shape index (κ3) is 7.82. The molecule has 2 amide bonds. The summed E-state index contributed by atoms with van der Waals surface area (Å²) in [6, 6.07) is 1.55. The van der Waals surface area contributed by atoms with Crippen LogP contribution in [0, 0.1) is 0 Å². The summed E-state index contributed by atoms with van der Waals surface area (Å²) >= 11 is 0. The molecule has 0 saturated heterocycles. The molecule has 0 atom stereocenters. The minimum atomic E-state index is -0.641. The Labute approximate surface area is 147 Å². The van der Waals surface area contributed by atoms with E-state index in [9.17, 15) is 14.0 Å². The van der Waals surface area contributed by atoms with Gasteiger partial charge in [-0.05, 0) is 53.2 Å². The van der Waals surface area contributed by atoms with Crippen LogP contribution in [0.5, 0.6) is 0 Å². The molecule has 0 aliphatic heterocycles. The fraction of sp³-hybridized carbons (Fsp3) is 0.588. The molecule has 0 unspecified atom stereocenters. The minimum Gasteiger partial charge on any atom is -0.444 e. The summed E-state index contributed by atoms with van der Waals surface area (Å²) in [6.45, 7) is 10.8. The van der Waals surface area contributed by atoms with E-state index in [1.807, 2.05) is 20.8 Å². The van der Waals surface area contributed by atoms with E-state index in [1.54, 1.807) is 26.8 Å². The van der Waals surface area contributed by atoms with Crippen LogP contribution in [0.3, 0.4) is 0 Å². The van der Waals surface area contributed by atoms with Crippen LogP contribution in [0.15, 0.2) is 24.2 Å². The quantitative estimate of drug-likeness (QED) is 0.851. The van der Waals surface area contributed by atoms with Crippen LogP contribution < -0.4 is 10.6 Å². The molecule has 0 bridgehead atoms. The third-order valence-corrected chi connectivity index (χ3v) is 2.80. The number of rotatable bonds is 5. The monoisotopic (exact) mass is 354 g/mol. The normalized spacial score (nSPS) is 12.7. The van der Waals surface area contributed by atoms with Crippen molar-refractivity contribution in [2.24, 2.45) is 0 Å². The van der Waals surface area contributed by atoms with Crippen molar-refractivity contribution in [3.05, 3.63) is 29.9 Å². The second-order valence-corrected chi connectivity index (χ2v) is 7.70. The Morgan fingerprint density at radius 2 is 1.92 bits per heavy atom. The second kappa shape index (κ2) is 8.13. The summed E-state index contributed by atoms with van der Waals surface area (Å²) in [5.74, 6) is -0.302. The van der Waals surface area contributed by atoms with E-state index in [0.717, 1.165) is 0 Å². The Kier molecular flexibility index (Phi) is 6.72. The Balaban J connectivity index is 2.70. The highest BCUT2D eigenvalue weighted by Gasteiger charge is 2.20. The highest BCUT2D eigenvalue weighted by Crippen LogP contribution is 2.09. The third-order valence-electron chi connectivity index (χ3n) is 2.80. The van der Waals surface area contributed by atoms with E-state index in [4.69, 9.17) is 4.74 Å². The van der Waals surface area contributed by atoms with Crippen molar-refractivity contribution >= 4 is 12.0 Å². The van der Waals surface area contributed by atoms with Crippen molar-refractivity contribution in [1.82, 2.24) is 20.4 Å². The summed E-state index contributed by atoms with van der Waals surface area (Å²) in [5.41, 5.74) is -0.474. The number of nitrogens with one attached hydrogen (secondary N) is 2. The number of amides is 2. The van der Waals surface area contributed by atoms with Crippen LogP contribution in [0.1, 0.15) is 52.0 Å². The van der Waals surface area contributed by atoms with Crippen LogP contribution in [0.2, 0.25) is 0 Å². The fourth-order valence-electron chi connectivity index (χ4n) is 1.88. The van der Waals surface area contributed by atoms with Gasteiger partial charge in [-0.15, -0.1) is 0 Å². The first-order valence-electron chi connectivity index (χ1n) is 8.00. The molecule has 1 heterocycles. The van der Waals surface area contributed by atoms with Gasteiger partial charge in [0.2, 0.25) is 0 Å². The van der Waals surface area contributed by atoms with Crippen LogP contribution in [-0.4, -0.2) is 39.5 Å². The molecule has 1 aromatic heterocycles. The zero-order chi connectivity index (χ0) is 19.3. The topological polar surface area (TPSA) is 85.3 Å². The van der Waals surface area contributed by atoms with E-state index in [0.29, 0.717) is 12.0 Å². The molecule has 1 aromatic rings. The molecule has 0 saturated carbocycles. The van der Waals surface area contributed by atoms with E-state index in [2.05, 4.69) is 15.7 Å². The van der Waals surface area contributed by atoms with Crippen molar-refractivity contribution in [1.29, 1.82) is 0 Å². The molecule has 0 aliphatic carbocycles. The molecule has 2 N–H and O–H groups in total. The number of hydrogen-bond donors (Lipinski definition) is 2. The second-order valence-electron chi connectivity index (χ2n) is 7.70. The number of ether oxygens (including phenoxy) is 1. The Hall–Kier alpha value is -2.38. The summed E-state index contributed by atoms with van der Waals surface area (Å²) in [5, 5.41) is 9.35. The highest BCUT2D eigenvalue weighted by atomic mass is 19.1. The first kappa shape index (κ1) is 20.7. The standard InChI is InChI=1S/C17H27FN4O3/c1-16(2,3)21-14(23)13-7-8-20-22(13)11-12(9-18)10-19-15(24)25-17(4,5)6/h7-9H,10-11H2,1-6H3,(H,19,24)(H,21,23). The van der Waals surface area contributed by atoms with Gasteiger partial charge in [-0.25, -0.2) is 9.18 Å².